The molecular formula is C88H116F2N6O18S2. The number of carbonyl (C=O) groups excluding carboxylic acids is 8. The SMILES string of the molecule is CC[C@@H]1C[C@@H](C)CC/C=C\[C@@H]2C[C@@]2(C(=O)NS(=O)(=O)C2(CF)CC2)CC(=O)[C@@H]2C[C@@H](Oc3nc4c(c5ccccc35)OCCC4)CN2C(=O)C1CC(=O)OC(C)(C)C.CC[C@@H]1C[C@H](C)CC/C=C\[C@@H]2C[C@@]2(C(=O)NS(=O)(=O)C2(CF)CC2)CC(=O)[C@@H]2C[C@@H](Oc3nc4c(c5ccccc35)OCCC4)CN2C(=O)C1CC(=O)OC(C)(C)C. The van der Waals surface area contributed by atoms with Crippen molar-refractivity contribution in [1.82, 2.24) is 29.2 Å². The molecule has 2 unspecified atom stereocenters. The summed E-state index contributed by atoms with van der Waals surface area (Å²) in [6, 6.07) is 13.3. The Hall–Kier alpha value is -8.14. The molecule has 4 saturated carbocycles. The zero-order valence-corrected chi connectivity index (χ0v) is 70.4. The molecule has 28 heteroatoms. The third kappa shape index (κ3) is 18.3. The molecule has 2 aromatic heterocycles. The molecule has 4 aromatic rings. The van der Waals surface area contributed by atoms with E-state index in [1.165, 1.54) is 9.80 Å². The molecule has 0 bridgehead atoms. The Balaban J connectivity index is 0.000000202. The lowest BCUT2D eigenvalue weighted by Crippen LogP contribution is -2.48. The van der Waals surface area contributed by atoms with Crippen LogP contribution in [0.15, 0.2) is 72.8 Å². The van der Waals surface area contributed by atoms with Gasteiger partial charge in [0, 0.05) is 47.2 Å². The van der Waals surface area contributed by atoms with Crippen LogP contribution in [-0.4, -0.2) is 168 Å². The number of alkyl halides is 2. The van der Waals surface area contributed by atoms with Crippen LogP contribution < -0.4 is 28.4 Å². The number of carbonyl (C=O) groups is 8. The largest absolute Gasteiger partial charge is 0.491 e. The number of esters is 2. The van der Waals surface area contributed by atoms with Crippen LogP contribution in [0.1, 0.15) is 222 Å². The van der Waals surface area contributed by atoms with Crippen LogP contribution in [0.3, 0.4) is 0 Å². The van der Waals surface area contributed by atoms with Gasteiger partial charge in [-0.1, -0.05) is 101 Å². The van der Waals surface area contributed by atoms with Crippen molar-refractivity contribution in [2.24, 2.45) is 58.2 Å². The standard InChI is InChI=1S/2C44H58FN3O9S/c2*1-6-28-20-27(2)12-7-8-13-29-23-44(29,41(52)47-58(53,54)43(26-45)17-18-43)24-36(49)35-21-30(25-48(35)40(51)33(28)22-37(50)57-42(3,4)5)56-39-32-15-10-9-14-31(32)38-34(46-39)16-11-19-55-38/h2*8-10,13-15,27-30,33,35H,6-7,11-12,16-26H2,1-5H3,(H,47,52)/b2*13-8-/t27-,28+,29+,30+,33?,35-,44+;27-,28-,29-,30-,33?,35+,44-/m01/s1. The number of sulfonamides is 2. The number of hydrogen-bond acceptors (Lipinski definition) is 20. The van der Waals surface area contributed by atoms with Gasteiger partial charge in [-0.25, -0.2) is 35.6 Å². The van der Waals surface area contributed by atoms with Gasteiger partial charge >= 0.3 is 11.9 Å². The fourth-order valence-electron chi connectivity index (χ4n) is 18.6. The minimum Gasteiger partial charge on any atom is -0.491 e. The third-order valence-corrected chi connectivity index (χ3v) is 30.1. The second-order valence-electron chi connectivity index (χ2n) is 36.9. The number of benzene rings is 2. The van der Waals surface area contributed by atoms with Gasteiger partial charge in [0.05, 0.1) is 85.3 Å². The van der Waals surface area contributed by atoms with Crippen molar-refractivity contribution in [3.63, 3.8) is 0 Å². The van der Waals surface area contributed by atoms with Gasteiger partial charge in [-0.15, -0.1) is 0 Å². The van der Waals surface area contributed by atoms with E-state index in [4.69, 9.17) is 38.4 Å². The highest BCUT2D eigenvalue weighted by Crippen LogP contribution is 2.60. The summed E-state index contributed by atoms with van der Waals surface area (Å²) in [6.45, 7) is 18.0. The molecule has 6 aliphatic heterocycles. The summed E-state index contributed by atoms with van der Waals surface area (Å²) >= 11 is 0. The van der Waals surface area contributed by atoms with Gasteiger partial charge < -0.3 is 38.2 Å². The average Bonchev–Trinajstić information content (AvgIpc) is 1.56. The third-order valence-electron chi connectivity index (χ3n) is 25.9. The van der Waals surface area contributed by atoms with Gasteiger partial charge in [0.2, 0.25) is 55.4 Å². The lowest BCUT2D eigenvalue weighted by atomic mass is 9.79. The van der Waals surface area contributed by atoms with Crippen LogP contribution in [-0.2, 0) is 80.7 Å². The fraction of sp³-hybridized carbons (Fsp3) is 0.659. The van der Waals surface area contributed by atoms with Crippen molar-refractivity contribution in [2.45, 2.75) is 268 Å². The molecule has 10 aliphatic rings. The minimum absolute atomic E-state index is 0.0333. The van der Waals surface area contributed by atoms with E-state index in [9.17, 15) is 54.4 Å². The van der Waals surface area contributed by atoms with E-state index >= 15 is 9.59 Å². The highest BCUT2D eigenvalue weighted by molar-refractivity contribution is 7.92. The van der Waals surface area contributed by atoms with Crippen molar-refractivity contribution < 1.29 is 92.4 Å². The topological polar surface area (TPSA) is 317 Å². The van der Waals surface area contributed by atoms with Gasteiger partial charge in [0.15, 0.2) is 11.6 Å². The molecule has 2 saturated heterocycles. The normalized spacial score (nSPS) is 30.4. The van der Waals surface area contributed by atoms with Crippen molar-refractivity contribution in [2.75, 3.05) is 39.7 Å². The van der Waals surface area contributed by atoms with E-state index in [-0.39, 0.29) is 126 Å². The lowest BCUT2D eigenvalue weighted by Gasteiger charge is -2.33. The number of nitrogens with zero attached hydrogens (tertiary/aromatic N) is 4. The molecule has 2 N–H and O–H groups in total. The zero-order valence-electron chi connectivity index (χ0n) is 68.8. The molecule has 0 spiro atoms. The van der Waals surface area contributed by atoms with Crippen LogP contribution >= 0.6 is 0 Å². The van der Waals surface area contributed by atoms with Crippen molar-refractivity contribution in [3.05, 3.63) is 84.2 Å². The predicted molar refractivity (Wildman–Crippen MR) is 430 cm³/mol. The summed E-state index contributed by atoms with van der Waals surface area (Å²) in [5, 5.41) is 3.19. The number of Topliss-reactive ketones (excluding diaryl/α,β-unsaturated/α-hetero) is 2. The number of hydrogen-bond donors (Lipinski definition) is 2. The number of nitrogens with one attached hydrogen (secondary N) is 2. The summed E-state index contributed by atoms with van der Waals surface area (Å²) < 4.78 is 119. The first kappa shape index (κ1) is 85.7. The predicted octanol–water partition coefficient (Wildman–Crippen LogP) is 13.1. The van der Waals surface area contributed by atoms with Gasteiger partial charge in [-0.05, 0) is 192 Å². The van der Waals surface area contributed by atoms with E-state index in [2.05, 4.69) is 23.3 Å². The first-order valence-corrected chi connectivity index (χ1v) is 45.1. The molecule has 14 atom stereocenters. The van der Waals surface area contributed by atoms with Gasteiger partial charge in [0.25, 0.3) is 0 Å². The van der Waals surface area contributed by atoms with Gasteiger partial charge in [-0.2, -0.15) is 0 Å². The molecule has 6 fully saturated rings. The van der Waals surface area contributed by atoms with Crippen LogP contribution in [0.25, 0.3) is 21.5 Å². The van der Waals surface area contributed by atoms with Crippen molar-refractivity contribution in [1.29, 1.82) is 0 Å². The summed E-state index contributed by atoms with van der Waals surface area (Å²) in [7, 11) is -8.68. The summed E-state index contributed by atoms with van der Waals surface area (Å²) in [5.41, 5.74) is -2.76. The molecular weight excluding hydrogens is 1530 g/mol. The van der Waals surface area contributed by atoms with Crippen LogP contribution in [0, 0.1) is 58.2 Å². The number of pyridine rings is 2. The van der Waals surface area contributed by atoms with Gasteiger partial charge in [0.1, 0.15) is 57.8 Å². The summed E-state index contributed by atoms with van der Waals surface area (Å²) in [5.74, 6) is -4.40. The molecule has 4 aliphatic carbocycles. The number of fused-ring (bicyclic) bond motifs is 10. The van der Waals surface area contributed by atoms with E-state index in [1.807, 2.05) is 86.7 Å². The first-order valence-electron chi connectivity index (χ1n) is 42.1. The van der Waals surface area contributed by atoms with E-state index in [1.54, 1.807) is 41.5 Å². The molecule has 2 aromatic carbocycles. The molecule has 24 nitrogen and oxygen atoms in total. The number of ketones is 2. The molecule has 14 rings (SSSR count). The Kier molecular flexibility index (Phi) is 25.1. The number of amides is 4. The molecule has 0 radical (unpaired) electrons. The maximum Gasteiger partial charge on any atom is 0.307 e. The number of aromatic nitrogens is 2. The monoisotopic (exact) mass is 1650 g/mol. The molecule has 632 valence electrons. The zero-order chi connectivity index (χ0) is 83.2. The Morgan fingerprint density at radius 3 is 1.28 bits per heavy atom. The van der Waals surface area contributed by atoms with Crippen LogP contribution in [0.5, 0.6) is 23.3 Å². The second-order valence-corrected chi connectivity index (χ2v) is 41.0. The Morgan fingerprint density at radius 2 is 0.931 bits per heavy atom. The summed E-state index contributed by atoms with van der Waals surface area (Å²) in [4.78, 5) is 128. The number of ether oxygens (including phenoxy) is 6. The average molecular weight is 1650 g/mol. The quantitative estimate of drug-likeness (QED) is 0.0690. The van der Waals surface area contributed by atoms with Crippen LogP contribution in [0.4, 0.5) is 8.78 Å². The molecule has 8 heterocycles. The smallest absolute Gasteiger partial charge is 0.307 e. The van der Waals surface area contributed by atoms with Crippen molar-refractivity contribution in [3.8, 4) is 23.3 Å². The number of rotatable bonds is 18. The van der Waals surface area contributed by atoms with Crippen LogP contribution in [0.2, 0.25) is 0 Å². The van der Waals surface area contributed by atoms with Gasteiger partial charge in [-0.3, -0.25) is 47.8 Å². The maximum absolute atomic E-state index is 15.1. The maximum atomic E-state index is 15.1. The lowest BCUT2D eigenvalue weighted by molar-refractivity contribution is -0.160. The Labute approximate surface area is 680 Å². The number of halogens is 2. The first-order chi connectivity index (χ1) is 55.0. The highest BCUT2D eigenvalue weighted by atomic mass is 32.2. The molecule has 116 heavy (non-hydrogen) atoms. The second kappa shape index (κ2) is 33.9. The van der Waals surface area contributed by atoms with Crippen molar-refractivity contribution >= 4 is 88.7 Å². The Morgan fingerprint density at radius 1 is 0.560 bits per heavy atom. The fourth-order valence-corrected chi connectivity index (χ4v) is 21.5. The van der Waals surface area contributed by atoms with E-state index in [0.29, 0.717) is 76.3 Å². The minimum atomic E-state index is -4.34. The number of aryl methyl sites for hydroxylation is 2. The van der Waals surface area contributed by atoms with E-state index < -0.39 is 148 Å². The highest BCUT2D eigenvalue weighted by Gasteiger charge is 2.66. The summed E-state index contributed by atoms with van der Waals surface area (Å²) in [6.07, 6.45) is 15.1. The number of allylic oxidation sites excluding steroid dienone is 4. The molecule has 4 amide bonds. The van der Waals surface area contributed by atoms with E-state index in [0.717, 1.165) is 70.1 Å². The Bertz CT molecular complexity index is 4450.